The predicted molar refractivity (Wildman–Crippen MR) is 72.7 cm³/mol. The minimum absolute atomic E-state index is 0.0581. The van der Waals surface area contributed by atoms with E-state index in [-0.39, 0.29) is 5.02 Å². The fourth-order valence-electron chi connectivity index (χ4n) is 2.25. The van der Waals surface area contributed by atoms with Crippen LogP contribution in [0.1, 0.15) is 5.56 Å². The van der Waals surface area contributed by atoms with Gasteiger partial charge in [-0.2, -0.15) is 0 Å². The van der Waals surface area contributed by atoms with Gasteiger partial charge in [0.05, 0.1) is 19.2 Å². The molecule has 1 heterocycles. The van der Waals surface area contributed by atoms with Gasteiger partial charge < -0.3 is 14.8 Å². The fraction of sp³-hybridized carbons (Fsp3) is 0.538. The van der Waals surface area contributed by atoms with Crippen molar-refractivity contribution >= 4 is 11.6 Å². The van der Waals surface area contributed by atoms with Crippen LogP contribution in [0.4, 0.5) is 4.39 Å². The van der Waals surface area contributed by atoms with Crippen LogP contribution in [0, 0.1) is 5.82 Å². The lowest BCUT2D eigenvalue weighted by atomic mass is 10.1. The van der Waals surface area contributed by atoms with Gasteiger partial charge in [0.1, 0.15) is 5.82 Å². The second-order valence-corrected chi connectivity index (χ2v) is 4.82. The molecular formula is C13H18ClFN2O2. The van der Waals surface area contributed by atoms with Crippen molar-refractivity contribution < 1.29 is 13.9 Å². The van der Waals surface area contributed by atoms with Gasteiger partial charge in [-0.05, 0) is 0 Å². The van der Waals surface area contributed by atoms with Gasteiger partial charge in [-0.25, -0.2) is 4.39 Å². The van der Waals surface area contributed by atoms with Gasteiger partial charge in [-0.1, -0.05) is 11.6 Å². The minimum atomic E-state index is -0.433. The zero-order valence-electron chi connectivity index (χ0n) is 11.1. The van der Waals surface area contributed by atoms with Crippen molar-refractivity contribution in [3.8, 4) is 11.5 Å². The van der Waals surface area contributed by atoms with Gasteiger partial charge in [0, 0.05) is 44.4 Å². The smallest absolute Gasteiger partial charge is 0.168 e. The van der Waals surface area contributed by atoms with E-state index in [2.05, 4.69) is 10.2 Å². The third-order valence-electron chi connectivity index (χ3n) is 3.25. The first-order valence-corrected chi connectivity index (χ1v) is 6.57. The van der Waals surface area contributed by atoms with E-state index in [1.54, 1.807) is 0 Å². The molecule has 6 heteroatoms. The first kappa shape index (κ1) is 14.4. The molecule has 0 amide bonds. The summed E-state index contributed by atoms with van der Waals surface area (Å²) in [5.74, 6) is 0.444. The highest BCUT2D eigenvalue weighted by molar-refractivity contribution is 6.31. The summed E-state index contributed by atoms with van der Waals surface area (Å²) in [5.41, 5.74) is 0.453. The monoisotopic (exact) mass is 288 g/mol. The molecule has 0 aromatic heterocycles. The van der Waals surface area contributed by atoms with Crippen molar-refractivity contribution in [2.24, 2.45) is 0 Å². The van der Waals surface area contributed by atoms with Gasteiger partial charge in [0.2, 0.25) is 0 Å². The molecule has 0 unspecified atom stereocenters. The number of hydrogen-bond acceptors (Lipinski definition) is 4. The van der Waals surface area contributed by atoms with Gasteiger partial charge in [0.15, 0.2) is 11.5 Å². The van der Waals surface area contributed by atoms with Crippen LogP contribution in [-0.2, 0) is 6.54 Å². The molecule has 1 aromatic carbocycles. The molecule has 106 valence electrons. The Kier molecular flexibility index (Phi) is 4.85. The lowest BCUT2D eigenvalue weighted by Crippen LogP contribution is -2.43. The van der Waals surface area contributed by atoms with E-state index in [0.29, 0.717) is 23.6 Å². The molecule has 4 nitrogen and oxygen atoms in total. The van der Waals surface area contributed by atoms with Crippen molar-refractivity contribution in [1.29, 1.82) is 0 Å². The maximum Gasteiger partial charge on any atom is 0.168 e. The zero-order chi connectivity index (χ0) is 13.8. The Morgan fingerprint density at radius 2 is 2.00 bits per heavy atom. The molecule has 1 saturated heterocycles. The van der Waals surface area contributed by atoms with Gasteiger partial charge >= 0.3 is 0 Å². The maximum absolute atomic E-state index is 14.2. The quantitative estimate of drug-likeness (QED) is 0.918. The molecule has 0 bridgehead atoms. The zero-order valence-corrected chi connectivity index (χ0v) is 11.9. The first-order valence-electron chi connectivity index (χ1n) is 6.19. The Labute approximate surface area is 117 Å². The number of rotatable bonds is 4. The molecule has 0 atom stereocenters. The first-order chi connectivity index (χ1) is 9.17. The molecular weight excluding hydrogens is 271 g/mol. The van der Waals surface area contributed by atoms with Crippen LogP contribution in [0.2, 0.25) is 5.02 Å². The van der Waals surface area contributed by atoms with Gasteiger partial charge in [0.25, 0.3) is 0 Å². The average Bonchev–Trinajstić information content (AvgIpc) is 2.44. The van der Waals surface area contributed by atoms with Crippen LogP contribution < -0.4 is 14.8 Å². The molecule has 1 N–H and O–H groups in total. The maximum atomic E-state index is 14.2. The molecule has 0 radical (unpaired) electrons. The second-order valence-electron chi connectivity index (χ2n) is 4.41. The number of piperazine rings is 1. The lowest BCUT2D eigenvalue weighted by Gasteiger charge is -2.28. The number of hydrogen-bond donors (Lipinski definition) is 1. The van der Waals surface area contributed by atoms with Crippen molar-refractivity contribution in [1.82, 2.24) is 10.2 Å². The highest BCUT2D eigenvalue weighted by Crippen LogP contribution is 2.37. The molecule has 2 rings (SSSR count). The SMILES string of the molecule is COc1cc(Cl)c(F)c(CN2CCNCC2)c1OC. The van der Waals surface area contributed by atoms with E-state index >= 15 is 0 Å². The van der Waals surface area contributed by atoms with Crippen LogP contribution in [0.25, 0.3) is 0 Å². The van der Waals surface area contributed by atoms with Crippen molar-refractivity contribution in [2.45, 2.75) is 6.54 Å². The van der Waals surface area contributed by atoms with Crippen LogP contribution in [0.15, 0.2) is 6.07 Å². The summed E-state index contributed by atoms with van der Waals surface area (Å²) in [7, 11) is 3.02. The normalized spacial score (nSPS) is 16.4. The molecule has 1 aromatic rings. The van der Waals surface area contributed by atoms with Crippen LogP contribution in [-0.4, -0.2) is 45.3 Å². The lowest BCUT2D eigenvalue weighted by molar-refractivity contribution is 0.225. The third-order valence-corrected chi connectivity index (χ3v) is 3.52. The molecule has 19 heavy (non-hydrogen) atoms. The third kappa shape index (κ3) is 3.11. The van der Waals surface area contributed by atoms with E-state index in [9.17, 15) is 4.39 Å². The molecule has 1 fully saturated rings. The summed E-state index contributed by atoms with van der Waals surface area (Å²) >= 11 is 5.90. The number of benzene rings is 1. The Hall–Kier alpha value is -1.04. The van der Waals surface area contributed by atoms with Crippen molar-refractivity contribution in [3.05, 3.63) is 22.5 Å². The van der Waals surface area contributed by atoms with Crippen molar-refractivity contribution in [2.75, 3.05) is 40.4 Å². The summed E-state index contributed by atoms with van der Waals surface area (Å²) in [6.07, 6.45) is 0. The Morgan fingerprint density at radius 1 is 1.32 bits per heavy atom. The summed E-state index contributed by atoms with van der Waals surface area (Å²) in [5, 5.41) is 3.32. The van der Waals surface area contributed by atoms with E-state index in [1.165, 1.54) is 20.3 Å². The predicted octanol–water partition coefficient (Wildman–Crippen LogP) is 1.90. The van der Waals surface area contributed by atoms with Crippen LogP contribution >= 0.6 is 11.6 Å². The van der Waals surface area contributed by atoms with Crippen molar-refractivity contribution in [3.63, 3.8) is 0 Å². The van der Waals surface area contributed by atoms with Crippen LogP contribution in [0.5, 0.6) is 11.5 Å². The van der Waals surface area contributed by atoms with Crippen LogP contribution in [0.3, 0.4) is 0 Å². The molecule has 1 aliphatic heterocycles. The van der Waals surface area contributed by atoms with E-state index in [0.717, 1.165) is 26.2 Å². The molecule has 0 spiro atoms. The molecule has 0 saturated carbocycles. The Bertz CT molecular complexity index is 451. The highest BCUT2D eigenvalue weighted by Gasteiger charge is 2.22. The van der Waals surface area contributed by atoms with Gasteiger partial charge in [-0.3, -0.25) is 4.90 Å². The fourth-order valence-corrected chi connectivity index (χ4v) is 2.46. The molecule has 1 aliphatic rings. The second kappa shape index (κ2) is 6.41. The van der Waals surface area contributed by atoms with E-state index in [1.807, 2.05) is 0 Å². The average molecular weight is 289 g/mol. The highest BCUT2D eigenvalue weighted by atomic mass is 35.5. The minimum Gasteiger partial charge on any atom is -0.493 e. The summed E-state index contributed by atoms with van der Waals surface area (Å²) in [4.78, 5) is 2.16. The summed E-state index contributed by atoms with van der Waals surface area (Å²) in [6.45, 7) is 4.02. The number of methoxy groups -OCH3 is 2. The van der Waals surface area contributed by atoms with E-state index < -0.39 is 5.82 Å². The number of ether oxygens (including phenoxy) is 2. The number of nitrogens with one attached hydrogen (secondary N) is 1. The largest absolute Gasteiger partial charge is 0.493 e. The van der Waals surface area contributed by atoms with Gasteiger partial charge in [-0.15, -0.1) is 0 Å². The summed E-state index contributed by atoms with van der Waals surface area (Å²) < 4.78 is 24.7. The summed E-state index contributed by atoms with van der Waals surface area (Å²) in [6, 6.07) is 1.44. The van der Waals surface area contributed by atoms with E-state index in [4.69, 9.17) is 21.1 Å². The molecule has 0 aliphatic carbocycles. The number of nitrogens with zero attached hydrogens (tertiary/aromatic N) is 1. The Morgan fingerprint density at radius 3 is 2.58 bits per heavy atom. The topological polar surface area (TPSA) is 33.7 Å². The standard InChI is InChI=1S/C13H18ClFN2O2/c1-18-11-7-10(14)12(15)9(13(11)19-2)8-17-5-3-16-4-6-17/h7,16H,3-6,8H2,1-2H3. The number of halogens is 2. The Balaban J connectivity index is 2.33.